The van der Waals surface area contributed by atoms with Gasteiger partial charge in [-0.25, -0.2) is 4.98 Å². The van der Waals surface area contributed by atoms with Crippen molar-refractivity contribution in [3.8, 4) is 5.88 Å². The van der Waals surface area contributed by atoms with Gasteiger partial charge in [-0.05, 0) is 6.07 Å². The number of hydrogen-bond acceptors (Lipinski definition) is 4. The third kappa shape index (κ3) is 1.93. The standard InChI is InChI=1S/C8H12N2O2/c1-12-8-4-2-3-7(10-8)6(9)5-11/h2-4,6,11H,5,9H2,1H3/t6-/m1/s1. The Balaban J connectivity index is 2.86. The Morgan fingerprint density at radius 1 is 1.67 bits per heavy atom. The fraction of sp³-hybridized carbons (Fsp3) is 0.375. The van der Waals surface area contributed by atoms with E-state index in [4.69, 9.17) is 15.6 Å². The maximum absolute atomic E-state index is 8.75. The van der Waals surface area contributed by atoms with E-state index in [9.17, 15) is 0 Å². The zero-order chi connectivity index (χ0) is 8.97. The van der Waals surface area contributed by atoms with Crippen LogP contribution in [-0.2, 0) is 0 Å². The molecule has 0 aromatic carbocycles. The first-order valence-electron chi connectivity index (χ1n) is 3.65. The molecule has 0 amide bonds. The van der Waals surface area contributed by atoms with Crippen LogP contribution in [0.25, 0.3) is 0 Å². The van der Waals surface area contributed by atoms with E-state index in [-0.39, 0.29) is 6.61 Å². The lowest BCUT2D eigenvalue weighted by Gasteiger charge is -2.07. The monoisotopic (exact) mass is 168 g/mol. The SMILES string of the molecule is COc1cccc([C@H](N)CO)n1. The van der Waals surface area contributed by atoms with Gasteiger partial charge < -0.3 is 15.6 Å². The minimum Gasteiger partial charge on any atom is -0.481 e. The Hall–Kier alpha value is -1.13. The van der Waals surface area contributed by atoms with Gasteiger partial charge in [-0.3, -0.25) is 0 Å². The molecule has 12 heavy (non-hydrogen) atoms. The van der Waals surface area contributed by atoms with Crippen molar-refractivity contribution in [2.75, 3.05) is 13.7 Å². The maximum atomic E-state index is 8.75. The van der Waals surface area contributed by atoms with Crippen LogP contribution in [0.5, 0.6) is 5.88 Å². The molecule has 0 unspecified atom stereocenters. The first kappa shape index (κ1) is 8.96. The molecule has 66 valence electrons. The number of aliphatic hydroxyl groups excluding tert-OH is 1. The van der Waals surface area contributed by atoms with Gasteiger partial charge in [-0.2, -0.15) is 0 Å². The first-order valence-corrected chi connectivity index (χ1v) is 3.65. The molecule has 0 aliphatic heterocycles. The van der Waals surface area contributed by atoms with Crippen molar-refractivity contribution in [1.82, 2.24) is 4.98 Å². The Kier molecular flexibility index (Phi) is 3.01. The molecule has 0 aliphatic carbocycles. The highest BCUT2D eigenvalue weighted by Crippen LogP contribution is 2.11. The van der Waals surface area contributed by atoms with E-state index >= 15 is 0 Å². The summed E-state index contributed by atoms with van der Waals surface area (Å²) in [6, 6.07) is 4.84. The minimum absolute atomic E-state index is 0.111. The summed E-state index contributed by atoms with van der Waals surface area (Å²) in [5, 5.41) is 8.75. The van der Waals surface area contributed by atoms with Crippen LogP contribution in [0.3, 0.4) is 0 Å². The maximum Gasteiger partial charge on any atom is 0.213 e. The Bertz CT molecular complexity index is 253. The van der Waals surface area contributed by atoms with Crippen LogP contribution in [0.4, 0.5) is 0 Å². The van der Waals surface area contributed by atoms with Gasteiger partial charge in [0, 0.05) is 6.07 Å². The summed E-state index contributed by atoms with van der Waals surface area (Å²) >= 11 is 0. The van der Waals surface area contributed by atoms with Gasteiger partial charge in [-0.1, -0.05) is 6.07 Å². The van der Waals surface area contributed by atoms with Crippen molar-refractivity contribution >= 4 is 0 Å². The highest BCUT2D eigenvalue weighted by Gasteiger charge is 2.05. The van der Waals surface area contributed by atoms with Gasteiger partial charge in [-0.15, -0.1) is 0 Å². The molecular weight excluding hydrogens is 156 g/mol. The second-order valence-electron chi connectivity index (χ2n) is 2.39. The number of ether oxygens (including phenoxy) is 1. The van der Waals surface area contributed by atoms with E-state index in [2.05, 4.69) is 4.98 Å². The molecule has 0 radical (unpaired) electrons. The molecule has 1 atom stereocenters. The van der Waals surface area contributed by atoms with Crippen LogP contribution in [-0.4, -0.2) is 23.8 Å². The quantitative estimate of drug-likeness (QED) is 0.670. The molecule has 1 aromatic heterocycles. The van der Waals surface area contributed by atoms with Crippen LogP contribution in [0, 0.1) is 0 Å². The van der Waals surface area contributed by atoms with Crippen LogP contribution in [0.15, 0.2) is 18.2 Å². The Morgan fingerprint density at radius 3 is 3.00 bits per heavy atom. The highest BCUT2D eigenvalue weighted by atomic mass is 16.5. The van der Waals surface area contributed by atoms with Gasteiger partial charge >= 0.3 is 0 Å². The molecule has 0 saturated carbocycles. The van der Waals surface area contributed by atoms with Crippen molar-refractivity contribution in [3.05, 3.63) is 23.9 Å². The molecule has 0 saturated heterocycles. The molecule has 1 aromatic rings. The molecule has 0 spiro atoms. The summed E-state index contributed by atoms with van der Waals surface area (Å²) in [7, 11) is 1.54. The van der Waals surface area contributed by atoms with E-state index in [0.717, 1.165) is 0 Å². The average molecular weight is 168 g/mol. The minimum atomic E-state index is -0.430. The zero-order valence-corrected chi connectivity index (χ0v) is 6.90. The van der Waals surface area contributed by atoms with E-state index < -0.39 is 6.04 Å². The largest absolute Gasteiger partial charge is 0.481 e. The second-order valence-corrected chi connectivity index (χ2v) is 2.39. The van der Waals surface area contributed by atoms with Gasteiger partial charge in [0.25, 0.3) is 0 Å². The van der Waals surface area contributed by atoms with Crippen LogP contribution >= 0.6 is 0 Å². The Morgan fingerprint density at radius 2 is 2.42 bits per heavy atom. The van der Waals surface area contributed by atoms with Crippen molar-refractivity contribution < 1.29 is 9.84 Å². The molecular formula is C8H12N2O2. The molecule has 4 nitrogen and oxygen atoms in total. The molecule has 1 heterocycles. The summed E-state index contributed by atoms with van der Waals surface area (Å²) in [6.07, 6.45) is 0. The molecule has 0 bridgehead atoms. The zero-order valence-electron chi connectivity index (χ0n) is 6.90. The second kappa shape index (κ2) is 4.04. The van der Waals surface area contributed by atoms with Gasteiger partial charge in [0.1, 0.15) is 0 Å². The van der Waals surface area contributed by atoms with Crippen molar-refractivity contribution in [2.24, 2.45) is 5.73 Å². The predicted molar refractivity (Wildman–Crippen MR) is 44.8 cm³/mol. The third-order valence-electron chi connectivity index (χ3n) is 1.53. The lowest BCUT2D eigenvalue weighted by atomic mass is 10.2. The number of nitrogens with zero attached hydrogens (tertiary/aromatic N) is 1. The number of rotatable bonds is 3. The first-order chi connectivity index (χ1) is 5.77. The summed E-state index contributed by atoms with van der Waals surface area (Å²) in [4.78, 5) is 4.05. The van der Waals surface area contributed by atoms with Gasteiger partial charge in [0.15, 0.2) is 0 Å². The summed E-state index contributed by atoms with van der Waals surface area (Å²) in [5.74, 6) is 0.511. The predicted octanol–water partition coefficient (Wildman–Crippen LogP) is 0.0823. The topological polar surface area (TPSA) is 68.4 Å². The number of methoxy groups -OCH3 is 1. The summed E-state index contributed by atoms with van der Waals surface area (Å²) < 4.78 is 4.90. The van der Waals surface area contributed by atoms with Crippen molar-refractivity contribution in [2.45, 2.75) is 6.04 Å². The average Bonchev–Trinajstić information content (AvgIpc) is 2.17. The Labute approximate surface area is 71.0 Å². The van der Waals surface area contributed by atoms with Crippen molar-refractivity contribution in [1.29, 1.82) is 0 Å². The smallest absolute Gasteiger partial charge is 0.213 e. The van der Waals surface area contributed by atoms with Crippen LogP contribution in [0.1, 0.15) is 11.7 Å². The molecule has 0 aliphatic rings. The number of aliphatic hydroxyl groups is 1. The number of pyridine rings is 1. The third-order valence-corrected chi connectivity index (χ3v) is 1.53. The van der Waals surface area contributed by atoms with Crippen molar-refractivity contribution in [3.63, 3.8) is 0 Å². The number of hydrogen-bond donors (Lipinski definition) is 2. The number of aromatic nitrogens is 1. The van der Waals surface area contributed by atoms with E-state index in [1.54, 1.807) is 18.2 Å². The normalized spacial score (nSPS) is 12.6. The highest BCUT2D eigenvalue weighted by molar-refractivity contribution is 5.17. The molecule has 0 fully saturated rings. The van der Waals surface area contributed by atoms with E-state index in [0.29, 0.717) is 11.6 Å². The van der Waals surface area contributed by atoms with Crippen LogP contribution in [0.2, 0.25) is 0 Å². The molecule has 3 N–H and O–H groups in total. The fourth-order valence-corrected chi connectivity index (χ4v) is 0.845. The molecule has 4 heteroatoms. The van der Waals surface area contributed by atoms with Crippen LogP contribution < -0.4 is 10.5 Å². The van der Waals surface area contributed by atoms with E-state index in [1.807, 2.05) is 0 Å². The lowest BCUT2D eigenvalue weighted by molar-refractivity contribution is 0.265. The molecule has 1 rings (SSSR count). The van der Waals surface area contributed by atoms with Gasteiger partial charge in [0.05, 0.1) is 25.5 Å². The number of nitrogens with two attached hydrogens (primary N) is 1. The lowest BCUT2D eigenvalue weighted by Crippen LogP contribution is -2.16. The van der Waals surface area contributed by atoms with E-state index in [1.165, 1.54) is 7.11 Å². The summed E-state index contributed by atoms with van der Waals surface area (Å²) in [6.45, 7) is -0.111. The fourth-order valence-electron chi connectivity index (χ4n) is 0.845. The van der Waals surface area contributed by atoms with Gasteiger partial charge in [0.2, 0.25) is 5.88 Å². The summed E-state index contributed by atoms with van der Waals surface area (Å²) in [5.41, 5.74) is 6.19.